The Morgan fingerprint density at radius 1 is 0.931 bits per heavy atom. The number of ketones is 1. The molecule has 1 atom stereocenters. The van der Waals surface area contributed by atoms with Crippen molar-refractivity contribution in [3.8, 4) is 5.75 Å². The molecule has 144 valence electrons. The molecule has 5 rings (SSSR count). The monoisotopic (exact) mass is 380 g/mol. The van der Waals surface area contributed by atoms with Crippen molar-refractivity contribution >= 4 is 22.6 Å². The molecule has 29 heavy (non-hydrogen) atoms. The number of fused-ring (bicyclic) bond motifs is 3. The summed E-state index contributed by atoms with van der Waals surface area (Å²) in [6.45, 7) is 4.28. The number of rotatable bonds is 2. The zero-order chi connectivity index (χ0) is 20.0. The molecule has 2 nitrogen and oxygen atoms in total. The molecule has 1 heterocycles. The third-order valence-corrected chi connectivity index (χ3v) is 5.95. The number of ether oxygens (including phenoxy) is 1. The van der Waals surface area contributed by atoms with Crippen molar-refractivity contribution in [3.05, 3.63) is 95.3 Å². The van der Waals surface area contributed by atoms with Crippen LogP contribution in [-0.4, -0.2) is 5.78 Å². The van der Waals surface area contributed by atoms with E-state index in [1.54, 1.807) is 0 Å². The van der Waals surface area contributed by atoms with Gasteiger partial charge in [0.25, 0.3) is 0 Å². The Hall–Kier alpha value is -3.13. The van der Waals surface area contributed by atoms with Crippen LogP contribution in [0.25, 0.3) is 16.8 Å². The van der Waals surface area contributed by atoms with Crippen LogP contribution in [0.15, 0.2) is 84.1 Å². The van der Waals surface area contributed by atoms with Crippen LogP contribution in [0.2, 0.25) is 0 Å². The predicted molar refractivity (Wildman–Crippen MR) is 118 cm³/mol. The molecule has 0 radical (unpaired) electrons. The lowest BCUT2D eigenvalue weighted by Crippen LogP contribution is -2.32. The highest BCUT2D eigenvalue weighted by Crippen LogP contribution is 2.50. The molecule has 0 amide bonds. The van der Waals surface area contributed by atoms with E-state index in [1.165, 1.54) is 5.39 Å². The molecule has 1 aliphatic heterocycles. The van der Waals surface area contributed by atoms with Gasteiger partial charge in [0, 0.05) is 29.9 Å². The smallest absolute Gasteiger partial charge is 0.163 e. The van der Waals surface area contributed by atoms with Gasteiger partial charge in [0.15, 0.2) is 5.78 Å². The van der Waals surface area contributed by atoms with Gasteiger partial charge in [-0.05, 0) is 27.8 Å². The molecule has 2 aliphatic rings. The van der Waals surface area contributed by atoms with Crippen LogP contribution < -0.4 is 4.74 Å². The lowest BCUT2D eigenvalue weighted by molar-refractivity contribution is -0.118. The van der Waals surface area contributed by atoms with Crippen LogP contribution in [0, 0.1) is 5.41 Å². The first kappa shape index (κ1) is 17.9. The van der Waals surface area contributed by atoms with Crippen LogP contribution in [0.1, 0.15) is 43.7 Å². The Balaban J connectivity index is 1.71. The highest BCUT2D eigenvalue weighted by Gasteiger charge is 2.41. The zero-order valence-corrected chi connectivity index (χ0v) is 16.8. The van der Waals surface area contributed by atoms with E-state index in [4.69, 9.17) is 4.74 Å². The molecule has 3 aromatic carbocycles. The summed E-state index contributed by atoms with van der Waals surface area (Å²) in [6, 6.07) is 22.8. The molecule has 0 bridgehead atoms. The number of hydrogen-bond acceptors (Lipinski definition) is 2. The predicted octanol–water partition coefficient (Wildman–Crippen LogP) is 6.67. The SMILES string of the molecule is CC1(C)CC(=O)C2=C(C1)Oc1ccc3ccccc3c1C2/C=C/c1ccccc1. The van der Waals surface area contributed by atoms with Crippen molar-refractivity contribution in [1.82, 2.24) is 0 Å². The van der Waals surface area contributed by atoms with Gasteiger partial charge in [-0.15, -0.1) is 0 Å². The van der Waals surface area contributed by atoms with Crippen molar-refractivity contribution in [1.29, 1.82) is 0 Å². The maximum absolute atomic E-state index is 13.2. The Bertz CT molecular complexity index is 1170. The van der Waals surface area contributed by atoms with Crippen molar-refractivity contribution in [3.63, 3.8) is 0 Å². The van der Waals surface area contributed by atoms with Crippen molar-refractivity contribution in [2.75, 3.05) is 0 Å². The van der Waals surface area contributed by atoms with Gasteiger partial charge >= 0.3 is 0 Å². The van der Waals surface area contributed by atoms with E-state index in [2.05, 4.69) is 68.5 Å². The van der Waals surface area contributed by atoms with E-state index in [1.807, 2.05) is 24.3 Å². The van der Waals surface area contributed by atoms with Gasteiger partial charge in [0.2, 0.25) is 0 Å². The zero-order valence-electron chi connectivity index (χ0n) is 16.8. The summed E-state index contributed by atoms with van der Waals surface area (Å²) in [5.41, 5.74) is 2.99. The van der Waals surface area contributed by atoms with Gasteiger partial charge in [-0.2, -0.15) is 0 Å². The van der Waals surface area contributed by atoms with Gasteiger partial charge in [0.05, 0.1) is 0 Å². The summed E-state index contributed by atoms with van der Waals surface area (Å²) in [6.07, 6.45) is 5.65. The van der Waals surface area contributed by atoms with Gasteiger partial charge < -0.3 is 4.74 Å². The topological polar surface area (TPSA) is 26.3 Å². The number of Topliss-reactive ketones (excluding diaryl/α,β-unsaturated/α-hetero) is 1. The second kappa shape index (κ2) is 6.73. The molecule has 2 heteroatoms. The van der Waals surface area contributed by atoms with Gasteiger partial charge in [-0.3, -0.25) is 4.79 Å². The van der Waals surface area contributed by atoms with Crippen LogP contribution in [0.4, 0.5) is 0 Å². The molecule has 3 aromatic rings. The summed E-state index contributed by atoms with van der Waals surface area (Å²) in [7, 11) is 0. The molecule has 0 aromatic heterocycles. The fourth-order valence-electron chi connectivity index (χ4n) is 4.64. The average molecular weight is 380 g/mol. The quantitative estimate of drug-likeness (QED) is 0.496. The Morgan fingerprint density at radius 3 is 2.52 bits per heavy atom. The van der Waals surface area contributed by atoms with Crippen molar-refractivity contribution in [2.24, 2.45) is 5.41 Å². The molecule has 0 saturated heterocycles. The standard InChI is InChI=1S/C27H24O2/c1-27(2)16-22(28)26-21(14-12-18-8-4-3-5-9-18)25-20-11-7-6-10-19(20)13-15-23(25)29-24(26)17-27/h3-15,21H,16-17H2,1-2H3/b14-12+. The Kier molecular flexibility index (Phi) is 4.16. The van der Waals surface area contributed by atoms with Gasteiger partial charge in [0.1, 0.15) is 11.5 Å². The van der Waals surface area contributed by atoms with E-state index >= 15 is 0 Å². The first-order chi connectivity index (χ1) is 14.0. The maximum Gasteiger partial charge on any atom is 0.163 e. The summed E-state index contributed by atoms with van der Waals surface area (Å²) in [4.78, 5) is 13.2. The molecular formula is C27H24O2. The van der Waals surface area contributed by atoms with Crippen molar-refractivity contribution < 1.29 is 9.53 Å². The van der Waals surface area contributed by atoms with Crippen LogP contribution >= 0.6 is 0 Å². The highest BCUT2D eigenvalue weighted by molar-refractivity contribution is 6.02. The molecule has 1 aliphatic carbocycles. The van der Waals surface area contributed by atoms with E-state index in [-0.39, 0.29) is 17.1 Å². The first-order valence-corrected chi connectivity index (χ1v) is 10.2. The maximum atomic E-state index is 13.2. The average Bonchev–Trinajstić information content (AvgIpc) is 2.70. The fourth-order valence-corrected chi connectivity index (χ4v) is 4.64. The van der Waals surface area contributed by atoms with E-state index in [0.29, 0.717) is 6.42 Å². The molecule has 0 N–H and O–H groups in total. The third-order valence-electron chi connectivity index (χ3n) is 5.95. The minimum atomic E-state index is -0.0938. The summed E-state index contributed by atoms with van der Waals surface area (Å²) >= 11 is 0. The summed E-state index contributed by atoms with van der Waals surface area (Å²) < 4.78 is 6.36. The van der Waals surface area contributed by atoms with Crippen LogP contribution in [0.5, 0.6) is 5.75 Å². The first-order valence-electron chi connectivity index (χ1n) is 10.2. The number of carbonyl (C=O) groups is 1. The minimum Gasteiger partial charge on any atom is -0.461 e. The third kappa shape index (κ3) is 3.19. The summed E-state index contributed by atoms with van der Waals surface area (Å²) in [5, 5.41) is 2.32. The molecule has 0 fully saturated rings. The number of benzene rings is 3. The van der Waals surface area contributed by atoms with E-state index < -0.39 is 0 Å². The molecule has 0 saturated carbocycles. The Labute approximate surface area is 171 Å². The van der Waals surface area contributed by atoms with Crippen molar-refractivity contribution in [2.45, 2.75) is 32.6 Å². The number of carbonyl (C=O) groups excluding carboxylic acids is 1. The normalized spacial score (nSPS) is 20.5. The second-order valence-corrected chi connectivity index (χ2v) is 8.83. The molecule has 0 spiro atoms. The lowest BCUT2D eigenvalue weighted by atomic mass is 9.71. The number of allylic oxidation sites excluding steroid dienone is 3. The largest absolute Gasteiger partial charge is 0.461 e. The molecular weight excluding hydrogens is 356 g/mol. The van der Waals surface area contributed by atoms with E-state index in [0.717, 1.165) is 40.0 Å². The van der Waals surface area contributed by atoms with Crippen LogP contribution in [-0.2, 0) is 4.79 Å². The number of hydrogen-bond donors (Lipinski definition) is 0. The van der Waals surface area contributed by atoms with Crippen LogP contribution in [0.3, 0.4) is 0 Å². The minimum absolute atomic E-state index is 0.0715. The molecule has 1 unspecified atom stereocenters. The summed E-state index contributed by atoms with van der Waals surface area (Å²) in [5.74, 6) is 1.83. The van der Waals surface area contributed by atoms with E-state index in [9.17, 15) is 4.79 Å². The van der Waals surface area contributed by atoms with Gasteiger partial charge in [-0.1, -0.05) is 86.7 Å². The fraction of sp³-hybridized carbons (Fsp3) is 0.222. The second-order valence-electron chi connectivity index (χ2n) is 8.83. The lowest BCUT2D eigenvalue weighted by Gasteiger charge is -2.37. The highest BCUT2D eigenvalue weighted by atomic mass is 16.5. The Morgan fingerprint density at radius 2 is 1.69 bits per heavy atom. The van der Waals surface area contributed by atoms with Gasteiger partial charge in [-0.25, -0.2) is 0 Å².